The molecule has 4 aromatic carbocycles. The molecule has 162 valence electrons. The Kier molecular flexibility index (Phi) is 4.25. The Morgan fingerprint density at radius 1 is 0.606 bits per heavy atom. The number of benzene rings is 4. The fourth-order valence-corrected chi connectivity index (χ4v) is 7.34. The summed E-state index contributed by atoms with van der Waals surface area (Å²) in [6, 6.07) is 28.2. The summed E-state index contributed by atoms with van der Waals surface area (Å²) in [7, 11) is 0. The van der Waals surface area contributed by atoms with Gasteiger partial charge in [0.15, 0.2) is 0 Å². The van der Waals surface area contributed by atoms with E-state index in [0.717, 1.165) is 8.95 Å². The predicted octanol–water partition coefficient (Wildman–Crippen LogP) is 8.89. The Morgan fingerprint density at radius 3 is 1.48 bits per heavy atom. The van der Waals surface area contributed by atoms with E-state index in [2.05, 4.69) is 119 Å². The molecular formula is C31H24Br2. The van der Waals surface area contributed by atoms with E-state index in [1.54, 1.807) is 0 Å². The van der Waals surface area contributed by atoms with Crippen LogP contribution < -0.4 is 0 Å². The SMILES string of the molecule is CC1Cc2ccc(C3(c4ccc5c(c4)C(C)C5)c4cc(Br)ccc4-c4ccc(Br)cc43)cc21. The van der Waals surface area contributed by atoms with Crippen molar-refractivity contribution >= 4 is 31.9 Å². The highest BCUT2D eigenvalue weighted by Crippen LogP contribution is 2.58. The van der Waals surface area contributed by atoms with Crippen molar-refractivity contribution in [3.8, 4) is 11.1 Å². The minimum Gasteiger partial charge on any atom is -0.0584 e. The molecule has 0 saturated carbocycles. The number of hydrogen-bond acceptors (Lipinski definition) is 0. The maximum absolute atomic E-state index is 3.81. The van der Waals surface area contributed by atoms with Gasteiger partial charge in [-0.1, -0.05) is 94.2 Å². The first-order valence-electron chi connectivity index (χ1n) is 11.8. The molecule has 2 unspecified atom stereocenters. The van der Waals surface area contributed by atoms with Crippen LogP contribution in [0.1, 0.15) is 70.2 Å². The maximum atomic E-state index is 3.81. The second-order valence-electron chi connectivity index (χ2n) is 10.2. The summed E-state index contributed by atoms with van der Waals surface area (Å²) in [4.78, 5) is 0. The molecule has 7 rings (SSSR count). The van der Waals surface area contributed by atoms with Crippen molar-refractivity contribution in [2.45, 2.75) is 43.9 Å². The Labute approximate surface area is 212 Å². The third-order valence-electron chi connectivity index (χ3n) is 8.33. The lowest BCUT2D eigenvalue weighted by Gasteiger charge is -2.38. The van der Waals surface area contributed by atoms with Crippen LogP contribution in [0, 0.1) is 0 Å². The summed E-state index contributed by atoms with van der Waals surface area (Å²) in [5, 5.41) is 0. The van der Waals surface area contributed by atoms with Crippen molar-refractivity contribution in [1.29, 1.82) is 0 Å². The molecule has 0 radical (unpaired) electrons. The summed E-state index contributed by atoms with van der Waals surface area (Å²) in [6.45, 7) is 4.71. The molecule has 0 aromatic heterocycles. The molecule has 0 fully saturated rings. The van der Waals surface area contributed by atoms with Gasteiger partial charge in [-0.15, -0.1) is 0 Å². The van der Waals surface area contributed by atoms with E-state index in [1.807, 2.05) is 0 Å². The van der Waals surface area contributed by atoms with E-state index in [-0.39, 0.29) is 5.41 Å². The van der Waals surface area contributed by atoms with Crippen LogP contribution in [0.25, 0.3) is 11.1 Å². The van der Waals surface area contributed by atoms with E-state index >= 15 is 0 Å². The topological polar surface area (TPSA) is 0 Å². The van der Waals surface area contributed by atoms with Crippen LogP contribution in [0.5, 0.6) is 0 Å². The van der Waals surface area contributed by atoms with E-state index < -0.39 is 0 Å². The van der Waals surface area contributed by atoms with Gasteiger partial charge in [0.2, 0.25) is 0 Å². The Morgan fingerprint density at radius 2 is 1.06 bits per heavy atom. The van der Waals surface area contributed by atoms with E-state index in [1.165, 1.54) is 68.5 Å². The molecule has 2 heteroatoms. The van der Waals surface area contributed by atoms with E-state index in [0.29, 0.717) is 11.8 Å². The Balaban J connectivity index is 1.63. The van der Waals surface area contributed by atoms with Crippen LogP contribution in [-0.2, 0) is 18.3 Å². The Bertz CT molecular complexity index is 1370. The molecule has 0 amide bonds. The monoisotopic (exact) mass is 554 g/mol. The van der Waals surface area contributed by atoms with Gasteiger partial charge in [-0.25, -0.2) is 0 Å². The van der Waals surface area contributed by atoms with Crippen molar-refractivity contribution in [3.05, 3.63) is 126 Å². The predicted molar refractivity (Wildman–Crippen MR) is 143 cm³/mol. The smallest absolute Gasteiger partial charge is 0.0584 e. The molecule has 3 aliphatic rings. The van der Waals surface area contributed by atoms with Gasteiger partial charge < -0.3 is 0 Å². The fourth-order valence-electron chi connectivity index (χ4n) is 6.62. The third kappa shape index (κ3) is 2.63. The summed E-state index contributed by atoms with van der Waals surface area (Å²) in [6.07, 6.45) is 2.40. The van der Waals surface area contributed by atoms with Gasteiger partial charge in [0.25, 0.3) is 0 Å². The number of halogens is 2. The molecule has 0 N–H and O–H groups in total. The lowest BCUT2D eigenvalue weighted by molar-refractivity contribution is 0.649. The van der Waals surface area contributed by atoms with Crippen LogP contribution in [0.2, 0.25) is 0 Å². The van der Waals surface area contributed by atoms with Gasteiger partial charge in [-0.3, -0.25) is 0 Å². The van der Waals surface area contributed by atoms with Crippen LogP contribution in [0.15, 0.2) is 81.7 Å². The minimum atomic E-state index is -0.326. The summed E-state index contributed by atoms with van der Waals surface area (Å²) < 4.78 is 2.26. The molecule has 3 aliphatic carbocycles. The van der Waals surface area contributed by atoms with Crippen molar-refractivity contribution in [2.24, 2.45) is 0 Å². The molecule has 0 heterocycles. The van der Waals surface area contributed by atoms with Gasteiger partial charge in [0.1, 0.15) is 0 Å². The molecule has 0 bridgehead atoms. The zero-order chi connectivity index (χ0) is 22.5. The van der Waals surface area contributed by atoms with Gasteiger partial charge in [-0.05, 0) is 105 Å². The quantitative estimate of drug-likeness (QED) is 0.204. The van der Waals surface area contributed by atoms with Crippen LogP contribution in [0.4, 0.5) is 0 Å². The van der Waals surface area contributed by atoms with Crippen molar-refractivity contribution in [1.82, 2.24) is 0 Å². The van der Waals surface area contributed by atoms with Gasteiger partial charge >= 0.3 is 0 Å². The van der Waals surface area contributed by atoms with Crippen molar-refractivity contribution in [2.75, 3.05) is 0 Å². The van der Waals surface area contributed by atoms with Crippen LogP contribution in [0.3, 0.4) is 0 Å². The fraction of sp³-hybridized carbons (Fsp3) is 0.226. The second kappa shape index (κ2) is 6.93. The molecule has 0 aliphatic heterocycles. The highest BCUT2D eigenvalue weighted by Gasteiger charge is 2.47. The first-order chi connectivity index (χ1) is 16.0. The lowest BCUT2D eigenvalue weighted by Crippen LogP contribution is -2.31. The number of hydrogen-bond donors (Lipinski definition) is 0. The average molecular weight is 556 g/mol. The van der Waals surface area contributed by atoms with Crippen LogP contribution >= 0.6 is 31.9 Å². The zero-order valence-electron chi connectivity index (χ0n) is 18.8. The maximum Gasteiger partial charge on any atom is 0.0714 e. The number of rotatable bonds is 2. The molecular weight excluding hydrogens is 532 g/mol. The first kappa shape index (κ1) is 20.2. The van der Waals surface area contributed by atoms with E-state index in [4.69, 9.17) is 0 Å². The summed E-state index contributed by atoms with van der Waals surface area (Å²) in [5.74, 6) is 1.28. The highest BCUT2D eigenvalue weighted by atomic mass is 79.9. The van der Waals surface area contributed by atoms with Crippen molar-refractivity contribution < 1.29 is 0 Å². The zero-order valence-corrected chi connectivity index (χ0v) is 21.9. The third-order valence-corrected chi connectivity index (χ3v) is 9.32. The van der Waals surface area contributed by atoms with E-state index in [9.17, 15) is 0 Å². The normalized spacial score (nSPS) is 20.7. The summed E-state index contributed by atoms with van der Waals surface area (Å²) >= 11 is 7.61. The van der Waals surface area contributed by atoms with Crippen molar-refractivity contribution in [3.63, 3.8) is 0 Å². The molecule has 2 atom stereocenters. The highest BCUT2D eigenvalue weighted by molar-refractivity contribution is 9.10. The minimum absolute atomic E-state index is 0.326. The van der Waals surface area contributed by atoms with Gasteiger partial charge in [0, 0.05) is 8.95 Å². The van der Waals surface area contributed by atoms with Gasteiger partial charge in [-0.2, -0.15) is 0 Å². The number of fused-ring (bicyclic) bond motifs is 5. The molecule has 4 aromatic rings. The summed E-state index contributed by atoms with van der Waals surface area (Å²) in [5.41, 5.74) is 13.9. The largest absolute Gasteiger partial charge is 0.0714 e. The molecule has 0 saturated heterocycles. The Hall–Kier alpha value is -2.16. The van der Waals surface area contributed by atoms with Crippen LogP contribution in [-0.4, -0.2) is 0 Å². The lowest BCUT2D eigenvalue weighted by atomic mass is 9.64. The van der Waals surface area contributed by atoms with Gasteiger partial charge in [0.05, 0.1) is 5.41 Å². The first-order valence-corrected chi connectivity index (χ1v) is 13.4. The average Bonchev–Trinajstić information content (AvgIpc) is 3.07. The second-order valence-corrected chi connectivity index (χ2v) is 12.0. The standard InChI is InChI=1S/C31H24Br2/c1-17-11-19-3-5-21(13-27(17)19)31(22-6-4-20-12-18(2)28(20)14-22)29-15-23(32)7-9-25(29)26-10-8-24(33)16-30(26)31/h3-10,13-18H,11-12H2,1-2H3. The molecule has 0 nitrogen and oxygen atoms in total. The molecule has 33 heavy (non-hydrogen) atoms. The molecule has 0 spiro atoms.